The van der Waals surface area contributed by atoms with Crippen LogP contribution in [0, 0.1) is 0 Å². The van der Waals surface area contributed by atoms with Crippen molar-refractivity contribution >= 4 is 15.7 Å². The fourth-order valence-corrected chi connectivity index (χ4v) is 4.65. The Kier molecular flexibility index (Phi) is 1.93. The van der Waals surface area contributed by atoms with E-state index >= 15 is 0 Å². The van der Waals surface area contributed by atoms with Crippen LogP contribution in [0.3, 0.4) is 0 Å². The van der Waals surface area contributed by atoms with E-state index in [0.29, 0.717) is 0 Å². The normalized spacial score (nSPS) is 34.5. The number of fused-ring (bicyclic) bond motifs is 1. The summed E-state index contributed by atoms with van der Waals surface area (Å²) in [4.78, 5) is 12.8. The van der Waals surface area contributed by atoms with Gasteiger partial charge in [0.05, 0.1) is 19.2 Å². The number of hydrogen-bond donors (Lipinski definition) is 0. The highest BCUT2D eigenvalue weighted by atomic mass is 32.2. The van der Waals surface area contributed by atoms with E-state index in [4.69, 9.17) is 0 Å². The van der Waals surface area contributed by atoms with Crippen LogP contribution in [0.15, 0.2) is 12.4 Å². The molecule has 2 saturated heterocycles. The van der Waals surface area contributed by atoms with Gasteiger partial charge in [0.15, 0.2) is 9.84 Å². The fourth-order valence-electron chi connectivity index (χ4n) is 2.47. The first kappa shape index (κ1) is 10.7. The summed E-state index contributed by atoms with van der Waals surface area (Å²) >= 11 is 0. The number of sulfone groups is 1. The van der Waals surface area contributed by atoms with Crippen molar-refractivity contribution in [3.8, 4) is 0 Å². The molecule has 0 bridgehead atoms. The van der Waals surface area contributed by atoms with Gasteiger partial charge in [-0.05, 0) is 6.92 Å². The molecular formula is C9H12N4O3S. The maximum atomic E-state index is 12.3. The predicted octanol–water partition coefficient (Wildman–Crippen LogP) is -0.976. The van der Waals surface area contributed by atoms with Gasteiger partial charge in [-0.1, -0.05) is 5.21 Å². The average molecular weight is 256 g/mol. The molecule has 0 saturated carbocycles. The van der Waals surface area contributed by atoms with E-state index in [1.54, 1.807) is 13.1 Å². The number of aromatic nitrogens is 3. The third kappa shape index (κ3) is 1.27. The molecule has 8 heteroatoms. The van der Waals surface area contributed by atoms with Crippen LogP contribution in [0.1, 0.15) is 13.3 Å². The molecule has 2 aliphatic rings. The van der Waals surface area contributed by atoms with Crippen molar-refractivity contribution < 1.29 is 13.2 Å². The third-order valence-corrected chi connectivity index (χ3v) is 6.30. The smallest absolute Gasteiger partial charge is 0.226 e. The summed E-state index contributed by atoms with van der Waals surface area (Å²) in [6, 6.07) is 0. The lowest BCUT2D eigenvalue weighted by Gasteiger charge is -2.31. The number of carbonyl (C=O) groups excluding carboxylic acids is 1. The summed E-state index contributed by atoms with van der Waals surface area (Å²) in [6.07, 6.45) is 3.25. The van der Waals surface area contributed by atoms with Crippen molar-refractivity contribution in [1.82, 2.24) is 19.9 Å². The molecule has 3 rings (SSSR count). The lowest BCUT2D eigenvalue weighted by molar-refractivity contribution is -0.141. The van der Waals surface area contributed by atoms with Crippen molar-refractivity contribution in [1.29, 1.82) is 0 Å². The Hall–Kier alpha value is -1.44. The van der Waals surface area contributed by atoms with Crippen LogP contribution in [0.2, 0.25) is 0 Å². The van der Waals surface area contributed by atoms with Crippen molar-refractivity contribution in [2.75, 3.05) is 6.54 Å². The SMILES string of the molecule is C[C@]1(Cn2ccnn2)CN2C(=O)CC2S1(=O)=O. The van der Waals surface area contributed by atoms with Gasteiger partial charge >= 0.3 is 0 Å². The van der Waals surface area contributed by atoms with Crippen LogP contribution in [-0.4, -0.2) is 50.9 Å². The Morgan fingerprint density at radius 2 is 2.35 bits per heavy atom. The van der Waals surface area contributed by atoms with E-state index in [1.807, 2.05) is 0 Å². The molecule has 0 aliphatic carbocycles. The number of carbonyl (C=O) groups is 1. The van der Waals surface area contributed by atoms with Gasteiger partial charge in [-0.25, -0.2) is 8.42 Å². The molecule has 17 heavy (non-hydrogen) atoms. The zero-order valence-electron chi connectivity index (χ0n) is 9.28. The number of rotatable bonds is 2. The number of hydrogen-bond acceptors (Lipinski definition) is 5. The lowest BCUT2D eigenvalue weighted by atomic mass is 10.1. The van der Waals surface area contributed by atoms with Gasteiger partial charge in [0.2, 0.25) is 5.91 Å². The van der Waals surface area contributed by atoms with Crippen molar-refractivity contribution in [3.63, 3.8) is 0 Å². The molecular weight excluding hydrogens is 244 g/mol. The van der Waals surface area contributed by atoms with Crippen molar-refractivity contribution in [2.24, 2.45) is 0 Å². The van der Waals surface area contributed by atoms with Gasteiger partial charge in [-0.3, -0.25) is 9.48 Å². The van der Waals surface area contributed by atoms with Crippen LogP contribution in [0.5, 0.6) is 0 Å². The fraction of sp³-hybridized carbons (Fsp3) is 0.667. The minimum absolute atomic E-state index is 0.0825. The topological polar surface area (TPSA) is 85.2 Å². The second-order valence-corrected chi connectivity index (χ2v) is 7.40. The molecule has 0 aromatic carbocycles. The highest BCUT2D eigenvalue weighted by Crippen LogP contribution is 2.41. The van der Waals surface area contributed by atoms with Crippen LogP contribution in [-0.2, 0) is 21.2 Å². The molecule has 2 fully saturated rings. The molecule has 3 heterocycles. The van der Waals surface area contributed by atoms with Gasteiger partial charge < -0.3 is 4.90 Å². The minimum atomic E-state index is -3.32. The average Bonchev–Trinajstić information content (AvgIpc) is 2.78. The molecule has 1 unspecified atom stereocenters. The van der Waals surface area contributed by atoms with Crippen molar-refractivity contribution in [3.05, 3.63) is 12.4 Å². The van der Waals surface area contributed by atoms with Gasteiger partial charge in [0.1, 0.15) is 10.1 Å². The first-order chi connectivity index (χ1) is 7.94. The zero-order valence-corrected chi connectivity index (χ0v) is 10.1. The van der Waals surface area contributed by atoms with Gasteiger partial charge in [0, 0.05) is 12.7 Å². The molecule has 0 spiro atoms. The van der Waals surface area contributed by atoms with Crippen LogP contribution in [0.4, 0.5) is 0 Å². The number of nitrogens with zero attached hydrogens (tertiary/aromatic N) is 4. The van der Waals surface area contributed by atoms with E-state index < -0.39 is 20.0 Å². The predicted molar refractivity (Wildman–Crippen MR) is 57.5 cm³/mol. The first-order valence-electron chi connectivity index (χ1n) is 5.31. The quantitative estimate of drug-likeness (QED) is 0.635. The monoisotopic (exact) mass is 256 g/mol. The number of amides is 1. The molecule has 92 valence electrons. The highest BCUT2D eigenvalue weighted by Gasteiger charge is 2.61. The Labute approximate surface area is 98.3 Å². The first-order valence-corrected chi connectivity index (χ1v) is 6.86. The summed E-state index contributed by atoms with van der Waals surface area (Å²) in [6.45, 7) is 2.14. The Morgan fingerprint density at radius 1 is 1.59 bits per heavy atom. The Bertz CT molecular complexity index is 567. The minimum Gasteiger partial charge on any atom is -0.323 e. The molecule has 7 nitrogen and oxygen atoms in total. The Balaban J connectivity index is 1.95. The summed E-state index contributed by atoms with van der Waals surface area (Å²) in [5.41, 5.74) is 0. The van der Waals surface area contributed by atoms with E-state index in [2.05, 4.69) is 10.3 Å². The maximum Gasteiger partial charge on any atom is 0.226 e. The second kappa shape index (κ2) is 3.06. The van der Waals surface area contributed by atoms with Crippen LogP contribution >= 0.6 is 0 Å². The summed E-state index contributed by atoms with van der Waals surface area (Å²) in [5.74, 6) is -0.0825. The maximum absolute atomic E-state index is 12.3. The highest BCUT2D eigenvalue weighted by molar-refractivity contribution is 7.93. The largest absolute Gasteiger partial charge is 0.323 e. The van der Waals surface area contributed by atoms with E-state index in [1.165, 1.54) is 15.8 Å². The molecule has 2 aliphatic heterocycles. The third-order valence-electron chi connectivity index (χ3n) is 3.54. The van der Waals surface area contributed by atoms with E-state index in [0.717, 1.165) is 0 Å². The van der Waals surface area contributed by atoms with E-state index in [9.17, 15) is 13.2 Å². The molecule has 0 N–H and O–H groups in total. The Morgan fingerprint density at radius 3 is 2.88 bits per heavy atom. The molecule has 0 radical (unpaired) electrons. The van der Waals surface area contributed by atoms with Gasteiger partial charge in [0.25, 0.3) is 0 Å². The lowest BCUT2D eigenvalue weighted by Crippen LogP contribution is -2.50. The van der Waals surface area contributed by atoms with Crippen LogP contribution < -0.4 is 0 Å². The van der Waals surface area contributed by atoms with Gasteiger partial charge in [-0.2, -0.15) is 0 Å². The summed E-state index contributed by atoms with van der Waals surface area (Å²) < 4.78 is 25.1. The van der Waals surface area contributed by atoms with Gasteiger partial charge in [-0.15, -0.1) is 5.10 Å². The molecule has 1 amide bonds. The zero-order chi connectivity index (χ0) is 12.3. The molecule has 1 aromatic rings. The molecule has 1 aromatic heterocycles. The summed E-state index contributed by atoms with van der Waals surface area (Å²) in [5, 5.41) is 6.81. The second-order valence-electron chi connectivity index (χ2n) is 4.78. The van der Waals surface area contributed by atoms with Crippen LogP contribution in [0.25, 0.3) is 0 Å². The molecule has 2 atom stereocenters. The summed E-state index contributed by atoms with van der Waals surface area (Å²) in [7, 11) is -3.32. The standard InChI is InChI=1S/C9H12N4O3S/c1-9(5-12-3-2-10-11-12)6-13-7(14)4-8(13)17(9,15)16/h2-3,8H,4-6H2,1H3/t8?,9-/m0/s1. The number of β-lactam (4-membered cyclic amide) rings is 1. The van der Waals surface area contributed by atoms with Crippen molar-refractivity contribution in [2.45, 2.75) is 30.0 Å². The van der Waals surface area contributed by atoms with E-state index in [-0.39, 0.29) is 25.4 Å².